The van der Waals surface area contributed by atoms with E-state index >= 15 is 0 Å². The Morgan fingerprint density at radius 2 is 1.73 bits per heavy atom. The van der Waals surface area contributed by atoms with Gasteiger partial charge in [-0.25, -0.2) is 0 Å². The van der Waals surface area contributed by atoms with Gasteiger partial charge in [-0.05, 0) is 22.9 Å². The fraction of sp³-hybridized carbons (Fsp3) is 0.238. The lowest BCUT2D eigenvalue weighted by atomic mass is 10.0. The summed E-state index contributed by atoms with van der Waals surface area (Å²) in [5.41, 5.74) is 2.35. The molecule has 0 aliphatic carbocycles. The molecule has 0 bridgehead atoms. The molecule has 1 unspecified atom stereocenters. The van der Waals surface area contributed by atoms with Crippen molar-refractivity contribution in [2.45, 2.75) is 19.4 Å². The van der Waals surface area contributed by atoms with Gasteiger partial charge >= 0.3 is 0 Å². The van der Waals surface area contributed by atoms with Gasteiger partial charge in [-0.3, -0.25) is 9.98 Å². The second-order valence-corrected chi connectivity index (χ2v) is 6.10. The summed E-state index contributed by atoms with van der Waals surface area (Å²) in [6.07, 6.45) is 1.85. The van der Waals surface area contributed by atoms with Gasteiger partial charge in [0.2, 0.25) is 0 Å². The number of hydrogen-bond donors (Lipinski definition) is 2. The lowest BCUT2D eigenvalue weighted by molar-refractivity contribution is 0.697. The van der Waals surface area contributed by atoms with Gasteiger partial charge in [0, 0.05) is 25.2 Å². The molecular formula is C21H25IN4. The highest BCUT2D eigenvalue weighted by atomic mass is 127. The third kappa shape index (κ3) is 5.17. The molecule has 0 saturated carbocycles. The molecular weight excluding hydrogens is 435 g/mol. The molecule has 0 saturated heterocycles. The normalized spacial score (nSPS) is 12.3. The third-order valence-electron chi connectivity index (χ3n) is 4.35. The van der Waals surface area contributed by atoms with Crippen molar-refractivity contribution in [2.24, 2.45) is 4.99 Å². The van der Waals surface area contributed by atoms with E-state index in [-0.39, 0.29) is 24.0 Å². The molecule has 4 nitrogen and oxygen atoms in total. The van der Waals surface area contributed by atoms with E-state index in [1.54, 1.807) is 7.05 Å². The Morgan fingerprint density at radius 3 is 2.50 bits per heavy atom. The number of nitrogens with zero attached hydrogens (tertiary/aromatic N) is 2. The number of nitrogens with one attached hydrogen (secondary N) is 2. The molecule has 5 heteroatoms. The topological polar surface area (TPSA) is 49.3 Å². The summed E-state index contributed by atoms with van der Waals surface area (Å²) >= 11 is 0. The predicted octanol–water partition coefficient (Wildman–Crippen LogP) is 4.32. The lowest BCUT2D eigenvalue weighted by Crippen LogP contribution is -2.38. The molecule has 26 heavy (non-hydrogen) atoms. The van der Waals surface area contributed by atoms with E-state index in [1.807, 2.05) is 30.5 Å². The molecule has 1 atom stereocenters. The van der Waals surface area contributed by atoms with Crippen molar-refractivity contribution in [3.63, 3.8) is 0 Å². The van der Waals surface area contributed by atoms with Crippen molar-refractivity contribution in [3.05, 3.63) is 78.1 Å². The number of benzene rings is 2. The minimum atomic E-state index is 0. The van der Waals surface area contributed by atoms with Crippen molar-refractivity contribution >= 4 is 40.7 Å². The van der Waals surface area contributed by atoms with E-state index in [9.17, 15) is 0 Å². The second kappa shape index (κ2) is 10.1. The monoisotopic (exact) mass is 460 g/mol. The Balaban J connectivity index is 0.00000243. The molecule has 0 fully saturated rings. The van der Waals surface area contributed by atoms with Crippen LogP contribution < -0.4 is 10.6 Å². The minimum Gasteiger partial charge on any atom is -0.356 e. The first-order valence-corrected chi connectivity index (χ1v) is 8.60. The molecule has 0 radical (unpaired) electrons. The molecule has 0 aliphatic heterocycles. The predicted molar refractivity (Wildman–Crippen MR) is 120 cm³/mol. The lowest BCUT2D eigenvalue weighted by Gasteiger charge is -2.16. The van der Waals surface area contributed by atoms with Gasteiger partial charge in [-0.2, -0.15) is 0 Å². The van der Waals surface area contributed by atoms with Gasteiger partial charge in [-0.1, -0.05) is 61.5 Å². The second-order valence-electron chi connectivity index (χ2n) is 6.10. The largest absolute Gasteiger partial charge is 0.356 e. The van der Waals surface area contributed by atoms with Gasteiger partial charge in [0.05, 0.1) is 12.2 Å². The van der Waals surface area contributed by atoms with Gasteiger partial charge < -0.3 is 10.6 Å². The fourth-order valence-corrected chi connectivity index (χ4v) is 2.86. The quantitative estimate of drug-likeness (QED) is 0.339. The molecule has 2 N–H and O–H groups in total. The van der Waals surface area contributed by atoms with E-state index < -0.39 is 0 Å². The Labute approximate surface area is 172 Å². The zero-order valence-electron chi connectivity index (χ0n) is 15.1. The van der Waals surface area contributed by atoms with E-state index in [0.717, 1.165) is 18.2 Å². The van der Waals surface area contributed by atoms with Gasteiger partial charge in [-0.15, -0.1) is 24.0 Å². The summed E-state index contributed by atoms with van der Waals surface area (Å²) < 4.78 is 0. The van der Waals surface area contributed by atoms with Crippen LogP contribution in [0.25, 0.3) is 10.8 Å². The average Bonchev–Trinajstić information content (AvgIpc) is 2.68. The first-order chi connectivity index (χ1) is 12.3. The third-order valence-corrected chi connectivity index (χ3v) is 4.35. The number of pyridine rings is 1. The van der Waals surface area contributed by atoms with E-state index in [0.29, 0.717) is 12.5 Å². The number of hydrogen-bond acceptors (Lipinski definition) is 2. The molecule has 2 aromatic carbocycles. The van der Waals surface area contributed by atoms with E-state index in [4.69, 9.17) is 0 Å². The smallest absolute Gasteiger partial charge is 0.191 e. The molecule has 3 rings (SSSR count). The summed E-state index contributed by atoms with van der Waals surface area (Å²) in [6.45, 7) is 3.68. The van der Waals surface area contributed by atoms with Crippen LogP contribution in [-0.2, 0) is 6.54 Å². The van der Waals surface area contributed by atoms with Crippen LogP contribution in [0.4, 0.5) is 0 Å². The first-order valence-electron chi connectivity index (χ1n) is 8.60. The Hall–Kier alpha value is -2.15. The van der Waals surface area contributed by atoms with Crippen LogP contribution in [0.3, 0.4) is 0 Å². The zero-order chi connectivity index (χ0) is 17.5. The van der Waals surface area contributed by atoms with Gasteiger partial charge in [0.25, 0.3) is 0 Å². The SMILES string of the molecule is CN=C(NCc1nccc2ccccc12)NCC(C)c1ccccc1.I. The van der Waals surface area contributed by atoms with Gasteiger partial charge in [0.15, 0.2) is 5.96 Å². The molecule has 0 spiro atoms. The Morgan fingerprint density at radius 1 is 1.00 bits per heavy atom. The van der Waals surface area contributed by atoms with Crippen molar-refractivity contribution in [3.8, 4) is 0 Å². The Bertz CT molecular complexity index is 844. The maximum atomic E-state index is 4.51. The fourth-order valence-electron chi connectivity index (χ4n) is 2.86. The number of guanidine groups is 1. The molecule has 0 amide bonds. The number of rotatable bonds is 5. The number of halogens is 1. The highest BCUT2D eigenvalue weighted by molar-refractivity contribution is 14.0. The molecule has 1 aromatic heterocycles. The van der Waals surface area contributed by atoms with Crippen LogP contribution in [0.15, 0.2) is 71.9 Å². The van der Waals surface area contributed by atoms with Crippen molar-refractivity contribution in [1.82, 2.24) is 15.6 Å². The van der Waals surface area contributed by atoms with Crippen molar-refractivity contribution in [1.29, 1.82) is 0 Å². The van der Waals surface area contributed by atoms with Gasteiger partial charge in [0.1, 0.15) is 0 Å². The summed E-state index contributed by atoms with van der Waals surface area (Å²) in [6, 6.07) is 20.8. The number of aromatic nitrogens is 1. The first kappa shape index (κ1) is 20.2. The summed E-state index contributed by atoms with van der Waals surface area (Å²) in [4.78, 5) is 8.83. The van der Waals surface area contributed by atoms with Crippen LogP contribution in [0, 0.1) is 0 Å². The standard InChI is InChI=1S/C21H24N4.HI/c1-16(17-8-4-3-5-9-17)14-24-21(22-2)25-15-20-19-11-7-6-10-18(19)12-13-23-20;/h3-13,16H,14-15H2,1-2H3,(H2,22,24,25);1H. The van der Waals surface area contributed by atoms with Crippen molar-refractivity contribution in [2.75, 3.05) is 13.6 Å². The summed E-state index contributed by atoms with van der Waals surface area (Å²) in [5.74, 6) is 1.20. The van der Waals surface area contributed by atoms with Crippen LogP contribution in [-0.4, -0.2) is 24.5 Å². The number of aliphatic imine (C=N–C) groups is 1. The van der Waals surface area contributed by atoms with Crippen molar-refractivity contribution < 1.29 is 0 Å². The zero-order valence-corrected chi connectivity index (χ0v) is 17.5. The van der Waals surface area contributed by atoms with Crippen LogP contribution in [0.2, 0.25) is 0 Å². The minimum absolute atomic E-state index is 0. The summed E-state index contributed by atoms with van der Waals surface area (Å²) in [5, 5.41) is 9.13. The maximum Gasteiger partial charge on any atom is 0.191 e. The van der Waals surface area contributed by atoms with Crippen LogP contribution in [0.5, 0.6) is 0 Å². The average molecular weight is 460 g/mol. The Kier molecular flexibility index (Phi) is 7.84. The maximum absolute atomic E-state index is 4.51. The molecule has 0 aliphatic rings. The van der Waals surface area contributed by atoms with E-state index in [1.165, 1.54) is 16.3 Å². The number of fused-ring (bicyclic) bond motifs is 1. The highest BCUT2D eigenvalue weighted by Gasteiger charge is 2.07. The molecule has 1 heterocycles. The highest BCUT2D eigenvalue weighted by Crippen LogP contribution is 2.16. The van der Waals surface area contributed by atoms with Crippen LogP contribution >= 0.6 is 24.0 Å². The molecule has 3 aromatic rings. The molecule has 136 valence electrons. The summed E-state index contributed by atoms with van der Waals surface area (Å²) in [7, 11) is 1.79. The van der Waals surface area contributed by atoms with E-state index in [2.05, 4.69) is 63.9 Å². The van der Waals surface area contributed by atoms with Crippen LogP contribution in [0.1, 0.15) is 24.1 Å².